The first kappa shape index (κ1) is 13.2. The van der Waals surface area contributed by atoms with Gasteiger partial charge in [0.15, 0.2) is 5.82 Å². The first-order chi connectivity index (χ1) is 10.1. The number of aromatic nitrogens is 4. The third-order valence-corrected chi connectivity index (χ3v) is 3.40. The number of hydrogen-bond donors (Lipinski definition) is 1. The van der Waals surface area contributed by atoms with Gasteiger partial charge in [-0.05, 0) is 53.6 Å². The van der Waals surface area contributed by atoms with Gasteiger partial charge in [0.05, 0.1) is 0 Å². The zero-order valence-electron chi connectivity index (χ0n) is 11.7. The summed E-state index contributed by atoms with van der Waals surface area (Å²) in [5.41, 5.74) is 9.67. The van der Waals surface area contributed by atoms with Gasteiger partial charge in [-0.2, -0.15) is 4.68 Å². The van der Waals surface area contributed by atoms with E-state index < -0.39 is 0 Å². The number of hydrogen-bond acceptors (Lipinski definition) is 4. The van der Waals surface area contributed by atoms with Crippen molar-refractivity contribution in [2.24, 2.45) is 0 Å². The molecule has 3 rings (SSSR count). The van der Waals surface area contributed by atoms with Crippen molar-refractivity contribution in [2.75, 3.05) is 5.73 Å². The minimum absolute atomic E-state index is 0.302. The standard InChI is InChI=1S/C15H14FN5/c1-9-7-10(2)13(17)8-11(9)15-18-19-20-21(15)14-6-4-3-5-12(14)16/h3-8H,17H2,1-2H3. The van der Waals surface area contributed by atoms with Crippen LogP contribution in [-0.2, 0) is 0 Å². The highest BCUT2D eigenvalue weighted by Gasteiger charge is 2.16. The highest BCUT2D eigenvalue weighted by molar-refractivity contribution is 5.68. The maximum absolute atomic E-state index is 14.0. The quantitative estimate of drug-likeness (QED) is 0.734. The van der Waals surface area contributed by atoms with Crippen LogP contribution in [0, 0.1) is 19.7 Å². The van der Waals surface area contributed by atoms with Crippen LogP contribution in [0.15, 0.2) is 36.4 Å². The lowest BCUT2D eigenvalue weighted by Gasteiger charge is -2.10. The lowest BCUT2D eigenvalue weighted by Crippen LogP contribution is -2.04. The number of nitrogens with zero attached hydrogens (tertiary/aromatic N) is 4. The summed E-state index contributed by atoms with van der Waals surface area (Å²) in [6.07, 6.45) is 0. The summed E-state index contributed by atoms with van der Waals surface area (Å²) in [7, 11) is 0. The van der Waals surface area contributed by atoms with Crippen molar-refractivity contribution in [2.45, 2.75) is 13.8 Å². The summed E-state index contributed by atoms with van der Waals surface area (Å²) in [4.78, 5) is 0. The van der Waals surface area contributed by atoms with E-state index in [4.69, 9.17) is 5.73 Å². The molecule has 6 heteroatoms. The lowest BCUT2D eigenvalue weighted by molar-refractivity contribution is 0.608. The fourth-order valence-corrected chi connectivity index (χ4v) is 2.25. The van der Waals surface area contributed by atoms with Gasteiger partial charge in [0, 0.05) is 11.3 Å². The molecule has 3 aromatic rings. The van der Waals surface area contributed by atoms with Crippen LogP contribution >= 0.6 is 0 Å². The van der Waals surface area contributed by atoms with E-state index in [-0.39, 0.29) is 5.82 Å². The minimum atomic E-state index is -0.385. The number of aryl methyl sites for hydroxylation is 2. The van der Waals surface area contributed by atoms with E-state index in [0.717, 1.165) is 16.7 Å². The molecule has 0 atom stereocenters. The largest absolute Gasteiger partial charge is 0.398 e. The predicted octanol–water partition coefficient (Wildman–Crippen LogP) is 2.67. The minimum Gasteiger partial charge on any atom is -0.398 e. The van der Waals surface area contributed by atoms with Gasteiger partial charge in [0.25, 0.3) is 0 Å². The fourth-order valence-electron chi connectivity index (χ4n) is 2.25. The van der Waals surface area contributed by atoms with Gasteiger partial charge < -0.3 is 5.73 Å². The Morgan fingerprint density at radius 2 is 1.86 bits per heavy atom. The third kappa shape index (κ3) is 2.24. The van der Waals surface area contributed by atoms with Crippen LogP contribution in [0.1, 0.15) is 11.1 Å². The molecule has 0 aliphatic carbocycles. The Balaban J connectivity index is 2.21. The summed E-state index contributed by atoms with van der Waals surface area (Å²) < 4.78 is 15.3. The molecule has 0 aliphatic rings. The lowest BCUT2D eigenvalue weighted by atomic mass is 10.0. The van der Waals surface area contributed by atoms with Gasteiger partial charge in [0.1, 0.15) is 11.5 Å². The second-order valence-electron chi connectivity index (χ2n) is 4.89. The van der Waals surface area contributed by atoms with Crippen LogP contribution in [0.2, 0.25) is 0 Å². The third-order valence-electron chi connectivity index (χ3n) is 3.40. The first-order valence-corrected chi connectivity index (χ1v) is 6.48. The molecule has 0 bridgehead atoms. The number of anilines is 1. The first-order valence-electron chi connectivity index (χ1n) is 6.48. The van der Waals surface area contributed by atoms with Gasteiger partial charge in [-0.15, -0.1) is 5.10 Å². The second-order valence-corrected chi connectivity index (χ2v) is 4.89. The van der Waals surface area contributed by atoms with Gasteiger partial charge in [-0.3, -0.25) is 0 Å². The molecule has 21 heavy (non-hydrogen) atoms. The summed E-state index contributed by atoms with van der Waals surface area (Å²) in [5, 5.41) is 11.6. The Labute approximate surface area is 121 Å². The second kappa shape index (κ2) is 4.97. The van der Waals surface area contributed by atoms with Crippen molar-refractivity contribution in [3.05, 3.63) is 53.3 Å². The Morgan fingerprint density at radius 3 is 2.62 bits per heavy atom. The summed E-state index contributed by atoms with van der Waals surface area (Å²) >= 11 is 0. The molecule has 0 spiro atoms. The van der Waals surface area contributed by atoms with Crippen LogP contribution in [0.4, 0.5) is 10.1 Å². The van der Waals surface area contributed by atoms with Crippen LogP contribution in [0.3, 0.4) is 0 Å². The normalized spacial score (nSPS) is 10.8. The summed E-state index contributed by atoms with van der Waals surface area (Å²) in [6.45, 7) is 3.88. The number of halogens is 1. The Hall–Kier alpha value is -2.76. The molecule has 0 saturated heterocycles. The molecule has 0 saturated carbocycles. The van der Waals surface area contributed by atoms with E-state index in [1.165, 1.54) is 10.7 Å². The SMILES string of the molecule is Cc1cc(C)c(-c2nnnn2-c2ccccc2F)cc1N. The molecule has 0 aliphatic heterocycles. The Kier molecular flexibility index (Phi) is 3.13. The zero-order valence-corrected chi connectivity index (χ0v) is 11.7. The predicted molar refractivity (Wildman–Crippen MR) is 78.4 cm³/mol. The molecule has 0 fully saturated rings. The number of nitrogen functional groups attached to an aromatic ring is 1. The van der Waals surface area contributed by atoms with Crippen molar-refractivity contribution in [1.82, 2.24) is 20.2 Å². The van der Waals surface area contributed by atoms with Crippen LogP contribution in [0.5, 0.6) is 0 Å². The number of benzene rings is 2. The highest BCUT2D eigenvalue weighted by atomic mass is 19.1. The average molecular weight is 283 g/mol. The fraction of sp³-hybridized carbons (Fsp3) is 0.133. The molecule has 1 aromatic heterocycles. The van der Waals surface area contributed by atoms with E-state index in [2.05, 4.69) is 15.5 Å². The van der Waals surface area contributed by atoms with Gasteiger partial charge in [-0.1, -0.05) is 18.2 Å². The smallest absolute Gasteiger partial charge is 0.187 e. The van der Waals surface area contributed by atoms with Crippen LogP contribution in [0.25, 0.3) is 17.1 Å². The average Bonchev–Trinajstić information content (AvgIpc) is 2.92. The molecule has 106 valence electrons. The molecule has 2 N–H and O–H groups in total. The summed E-state index contributed by atoms with van der Waals surface area (Å²) in [5.74, 6) is 0.0769. The van der Waals surface area contributed by atoms with Crippen LogP contribution in [-0.4, -0.2) is 20.2 Å². The van der Waals surface area contributed by atoms with E-state index in [0.29, 0.717) is 17.2 Å². The zero-order chi connectivity index (χ0) is 15.0. The molecule has 2 aromatic carbocycles. The Morgan fingerprint density at radius 1 is 1.10 bits per heavy atom. The maximum atomic E-state index is 14.0. The molecular weight excluding hydrogens is 269 g/mol. The van der Waals surface area contributed by atoms with Crippen molar-refractivity contribution in [1.29, 1.82) is 0 Å². The number of nitrogens with two attached hydrogens (primary N) is 1. The van der Waals surface area contributed by atoms with Gasteiger partial charge in [0.2, 0.25) is 0 Å². The van der Waals surface area contributed by atoms with Crippen molar-refractivity contribution >= 4 is 5.69 Å². The van der Waals surface area contributed by atoms with E-state index >= 15 is 0 Å². The summed E-state index contributed by atoms with van der Waals surface area (Å²) in [6, 6.07) is 10.1. The van der Waals surface area contributed by atoms with Crippen molar-refractivity contribution < 1.29 is 4.39 Å². The molecular formula is C15H14FN5. The Bertz CT molecular complexity index is 810. The van der Waals surface area contributed by atoms with E-state index in [1.54, 1.807) is 18.2 Å². The van der Waals surface area contributed by atoms with Crippen molar-refractivity contribution in [3.63, 3.8) is 0 Å². The molecule has 0 unspecified atom stereocenters. The van der Waals surface area contributed by atoms with Crippen LogP contribution < -0.4 is 5.73 Å². The van der Waals surface area contributed by atoms with Crippen molar-refractivity contribution in [3.8, 4) is 17.1 Å². The molecule has 1 heterocycles. The number of rotatable bonds is 2. The monoisotopic (exact) mass is 283 g/mol. The van der Waals surface area contributed by atoms with Gasteiger partial charge in [-0.25, -0.2) is 4.39 Å². The van der Waals surface area contributed by atoms with Gasteiger partial charge >= 0.3 is 0 Å². The topological polar surface area (TPSA) is 69.6 Å². The molecule has 0 amide bonds. The number of para-hydroxylation sites is 1. The molecule has 5 nitrogen and oxygen atoms in total. The molecule has 0 radical (unpaired) electrons. The number of tetrazole rings is 1. The van der Waals surface area contributed by atoms with E-state index in [9.17, 15) is 4.39 Å². The van der Waals surface area contributed by atoms with E-state index in [1.807, 2.05) is 26.0 Å². The maximum Gasteiger partial charge on any atom is 0.187 e. The highest BCUT2D eigenvalue weighted by Crippen LogP contribution is 2.27.